The smallest absolute Gasteiger partial charge is 0.376 e. The van der Waals surface area contributed by atoms with E-state index in [2.05, 4.69) is 9.97 Å². The summed E-state index contributed by atoms with van der Waals surface area (Å²) in [7, 11) is 0. The molecule has 2 aromatic heterocycles. The van der Waals surface area contributed by atoms with Crippen molar-refractivity contribution in [2.75, 3.05) is 6.61 Å². The van der Waals surface area contributed by atoms with Crippen LogP contribution in [0.4, 0.5) is 0 Å². The van der Waals surface area contributed by atoms with E-state index in [9.17, 15) is 9.59 Å². The van der Waals surface area contributed by atoms with Crippen molar-refractivity contribution in [3.8, 4) is 11.5 Å². The largest absolute Gasteiger partial charge is 0.460 e. The van der Waals surface area contributed by atoms with Crippen LogP contribution in [-0.2, 0) is 4.74 Å². The van der Waals surface area contributed by atoms with Crippen LogP contribution in [0.15, 0.2) is 28.8 Å². The van der Waals surface area contributed by atoms with Gasteiger partial charge >= 0.3 is 5.97 Å². The van der Waals surface area contributed by atoms with Crippen molar-refractivity contribution >= 4 is 23.2 Å². The van der Waals surface area contributed by atoms with Crippen LogP contribution < -0.4 is 0 Å². The van der Waals surface area contributed by atoms with Gasteiger partial charge in [-0.2, -0.15) is 0 Å². The first-order chi connectivity index (χ1) is 10.6. The van der Waals surface area contributed by atoms with Crippen molar-refractivity contribution in [1.82, 2.24) is 9.97 Å². The maximum Gasteiger partial charge on any atom is 0.376 e. The van der Waals surface area contributed by atoms with Crippen molar-refractivity contribution in [1.29, 1.82) is 0 Å². The molecule has 0 bridgehead atoms. The molecule has 6 nitrogen and oxygen atoms in total. The lowest BCUT2D eigenvalue weighted by Crippen LogP contribution is -2.04. The normalized spacial score (nSPS) is 10.8. The molecule has 0 unspecified atom stereocenters. The number of aryl methyl sites for hydroxylation is 1. The van der Waals surface area contributed by atoms with E-state index >= 15 is 0 Å². The average molecular weight is 298 g/mol. The van der Waals surface area contributed by atoms with Gasteiger partial charge in [-0.15, -0.1) is 0 Å². The highest BCUT2D eigenvalue weighted by Gasteiger charge is 2.19. The minimum absolute atomic E-state index is 0.0987. The second-order valence-electron chi connectivity index (χ2n) is 4.78. The van der Waals surface area contributed by atoms with Crippen LogP contribution in [0.2, 0.25) is 0 Å². The van der Waals surface area contributed by atoms with Gasteiger partial charge in [0.1, 0.15) is 0 Å². The molecule has 0 fully saturated rings. The highest BCUT2D eigenvalue weighted by molar-refractivity contribution is 5.98. The lowest BCUT2D eigenvalue weighted by atomic mass is 10.1. The van der Waals surface area contributed by atoms with Crippen molar-refractivity contribution in [3.05, 3.63) is 41.4 Å². The van der Waals surface area contributed by atoms with E-state index in [0.29, 0.717) is 22.7 Å². The van der Waals surface area contributed by atoms with Crippen LogP contribution in [0.3, 0.4) is 0 Å². The van der Waals surface area contributed by atoms with Crippen LogP contribution in [0.25, 0.3) is 22.4 Å². The Labute approximate surface area is 126 Å². The third-order valence-corrected chi connectivity index (χ3v) is 3.35. The Morgan fingerprint density at radius 2 is 2.27 bits per heavy atom. The number of aromatic amines is 1. The second-order valence-corrected chi connectivity index (χ2v) is 4.78. The van der Waals surface area contributed by atoms with Crippen molar-refractivity contribution < 1.29 is 18.7 Å². The molecule has 0 aliphatic heterocycles. The summed E-state index contributed by atoms with van der Waals surface area (Å²) in [6.07, 6.45) is 2.43. The summed E-state index contributed by atoms with van der Waals surface area (Å²) in [6, 6.07) is 5.45. The number of carbonyl (C=O) groups is 2. The lowest BCUT2D eigenvalue weighted by molar-refractivity contribution is 0.0490. The Morgan fingerprint density at radius 1 is 1.45 bits per heavy atom. The number of ether oxygens (including phenoxy) is 1. The monoisotopic (exact) mass is 298 g/mol. The number of aromatic nitrogens is 2. The van der Waals surface area contributed by atoms with E-state index in [4.69, 9.17) is 9.15 Å². The van der Waals surface area contributed by atoms with E-state index in [-0.39, 0.29) is 12.4 Å². The number of carbonyl (C=O) groups excluding carboxylic acids is 2. The Morgan fingerprint density at radius 3 is 3.00 bits per heavy atom. The lowest BCUT2D eigenvalue weighted by Gasteiger charge is -1.98. The van der Waals surface area contributed by atoms with E-state index in [1.165, 1.54) is 0 Å². The van der Waals surface area contributed by atoms with Gasteiger partial charge in [-0.25, -0.2) is 9.78 Å². The number of fused-ring (bicyclic) bond motifs is 1. The van der Waals surface area contributed by atoms with Gasteiger partial charge in [-0.1, -0.05) is 0 Å². The van der Waals surface area contributed by atoms with Crippen molar-refractivity contribution in [2.24, 2.45) is 0 Å². The summed E-state index contributed by atoms with van der Waals surface area (Å²) in [5.74, 6) is -0.114. The van der Waals surface area contributed by atoms with Crippen molar-refractivity contribution in [3.63, 3.8) is 0 Å². The number of nitrogens with zero attached hydrogens (tertiary/aromatic N) is 1. The van der Waals surface area contributed by atoms with Crippen molar-refractivity contribution in [2.45, 2.75) is 13.8 Å². The highest BCUT2D eigenvalue weighted by atomic mass is 16.5. The van der Waals surface area contributed by atoms with Gasteiger partial charge in [0.2, 0.25) is 11.7 Å². The van der Waals surface area contributed by atoms with Crippen LogP contribution in [0.5, 0.6) is 0 Å². The Bertz CT molecular complexity index is 860. The number of rotatable bonds is 4. The van der Waals surface area contributed by atoms with E-state index in [1.54, 1.807) is 26.1 Å². The molecule has 0 radical (unpaired) electrons. The summed E-state index contributed by atoms with van der Waals surface area (Å²) in [5.41, 5.74) is 2.57. The van der Waals surface area contributed by atoms with Gasteiger partial charge in [-0.05, 0) is 32.0 Å². The standard InChI is InChI=1S/C16H14N2O4/c1-3-21-16(20)14-9(2)18-15(22-14)10-4-5-13-12(6-10)11(8-19)7-17-13/h4-8,17H,3H2,1-2H3. The number of esters is 1. The van der Waals surface area contributed by atoms with E-state index in [0.717, 1.165) is 17.2 Å². The molecule has 3 rings (SSSR count). The number of hydrogen-bond acceptors (Lipinski definition) is 5. The molecule has 0 amide bonds. The van der Waals surface area contributed by atoms with Gasteiger partial charge in [0, 0.05) is 28.2 Å². The fourth-order valence-electron chi connectivity index (χ4n) is 2.28. The predicted molar refractivity (Wildman–Crippen MR) is 79.9 cm³/mol. The van der Waals surface area contributed by atoms with Gasteiger partial charge in [-0.3, -0.25) is 4.79 Å². The maximum absolute atomic E-state index is 11.8. The van der Waals surface area contributed by atoms with Crippen LogP contribution in [0, 0.1) is 6.92 Å². The molecule has 2 heterocycles. The van der Waals surface area contributed by atoms with Crippen LogP contribution >= 0.6 is 0 Å². The number of benzene rings is 1. The first-order valence-electron chi connectivity index (χ1n) is 6.85. The number of hydrogen-bond donors (Lipinski definition) is 1. The molecule has 0 aliphatic carbocycles. The molecule has 6 heteroatoms. The first-order valence-corrected chi connectivity index (χ1v) is 6.85. The molecule has 0 saturated carbocycles. The summed E-state index contributed by atoms with van der Waals surface area (Å²) in [4.78, 5) is 30.1. The molecule has 0 atom stereocenters. The predicted octanol–water partition coefficient (Wildman–Crippen LogP) is 3.12. The first kappa shape index (κ1) is 14.1. The van der Waals surface area contributed by atoms with E-state index in [1.807, 2.05) is 12.1 Å². The molecule has 22 heavy (non-hydrogen) atoms. The minimum atomic E-state index is -0.532. The van der Waals surface area contributed by atoms with Gasteiger partial charge in [0.15, 0.2) is 6.29 Å². The van der Waals surface area contributed by atoms with Gasteiger partial charge in [0.25, 0.3) is 0 Å². The summed E-state index contributed by atoms with van der Waals surface area (Å²) in [6.45, 7) is 3.68. The number of aldehydes is 1. The minimum Gasteiger partial charge on any atom is -0.460 e. The molecule has 0 saturated heterocycles. The van der Waals surface area contributed by atoms with Gasteiger partial charge in [0.05, 0.1) is 12.3 Å². The van der Waals surface area contributed by atoms with E-state index < -0.39 is 5.97 Å². The molecule has 1 N–H and O–H groups in total. The highest BCUT2D eigenvalue weighted by Crippen LogP contribution is 2.27. The molecule has 0 spiro atoms. The van der Waals surface area contributed by atoms with Crippen LogP contribution in [-0.4, -0.2) is 28.8 Å². The molecular weight excluding hydrogens is 284 g/mol. The Hall–Kier alpha value is -2.89. The number of nitrogens with one attached hydrogen (secondary N) is 1. The SMILES string of the molecule is CCOC(=O)c1oc(-c2ccc3[nH]cc(C=O)c3c2)nc1C. The molecule has 112 valence electrons. The fourth-order valence-corrected chi connectivity index (χ4v) is 2.28. The fraction of sp³-hybridized carbons (Fsp3) is 0.188. The zero-order valence-corrected chi connectivity index (χ0v) is 12.2. The maximum atomic E-state index is 11.8. The van der Waals surface area contributed by atoms with Crippen LogP contribution in [0.1, 0.15) is 33.5 Å². The Kier molecular flexibility index (Phi) is 3.50. The summed E-state index contributed by atoms with van der Waals surface area (Å²) < 4.78 is 10.5. The topological polar surface area (TPSA) is 85.2 Å². The molecule has 1 aromatic carbocycles. The third-order valence-electron chi connectivity index (χ3n) is 3.35. The summed E-state index contributed by atoms with van der Waals surface area (Å²) >= 11 is 0. The van der Waals surface area contributed by atoms with Gasteiger partial charge < -0.3 is 14.1 Å². The number of oxazole rings is 1. The second kappa shape index (κ2) is 5.48. The third kappa shape index (κ3) is 2.28. The zero-order valence-electron chi connectivity index (χ0n) is 12.2. The molecule has 3 aromatic rings. The Balaban J connectivity index is 2.05. The quantitative estimate of drug-likeness (QED) is 0.591. The molecular formula is C16H14N2O4. The molecule has 0 aliphatic rings. The number of H-pyrrole nitrogens is 1. The average Bonchev–Trinajstić information content (AvgIpc) is 3.10. The summed E-state index contributed by atoms with van der Waals surface area (Å²) in [5, 5.41) is 0.779. The zero-order chi connectivity index (χ0) is 15.7.